The number of nitrogens with two attached hydrogens (primary N) is 1. The maximum Gasteiger partial charge on any atom is 0.235 e. The number of ketones is 4. The van der Waals surface area contributed by atoms with Gasteiger partial charge in [-0.3, -0.25) is 33.9 Å². The topological polar surface area (TPSA) is 183 Å². The SMILES string of the molecule is CN(C)N=Nc1ccc(O)c2c1C[C@H]1C[C@H]3[C@H](N(C)C)C(=O)C(C(N)=O)C(=O)[C@@]3(O)C(=O)C1C2=O. The number of phenolic OH excluding ortho intramolecular Hbond substituents is 1. The number of aliphatic hydroxyl groups is 1. The Bertz CT molecular complexity index is 1190. The molecule has 0 heterocycles. The monoisotopic (exact) mass is 485 g/mol. The summed E-state index contributed by atoms with van der Waals surface area (Å²) in [4.78, 5) is 66.9. The predicted molar refractivity (Wildman–Crippen MR) is 120 cm³/mol. The van der Waals surface area contributed by atoms with Crippen molar-refractivity contribution >= 4 is 34.7 Å². The number of benzene rings is 1. The maximum atomic E-state index is 13.7. The first-order chi connectivity index (χ1) is 16.3. The highest BCUT2D eigenvalue weighted by atomic mass is 16.3. The molecule has 4 N–H and O–H groups in total. The predicted octanol–water partition coefficient (Wildman–Crippen LogP) is -0.573. The first-order valence-electron chi connectivity index (χ1n) is 11.1. The second-order valence-electron chi connectivity index (χ2n) is 9.78. The number of Topliss-reactive ketones (excluding diaryl/α,β-unsaturated/α-hetero) is 4. The smallest absolute Gasteiger partial charge is 0.235 e. The molecule has 12 nitrogen and oxygen atoms in total. The van der Waals surface area contributed by atoms with Gasteiger partial charge in [0.15, 0.2) is 34.7 Å². The van der Waals surface area contributed by atoms with Crippen LogP contribution in [0.5, 0.6) is 5.75 Å². The number of carbonyl (C=O) groups is 5. The molecule has 3 aliphatic rings. The van der Waals surface area contributed by atoms with E-state index in [-0.39, 0.29) is 24.2 Å². The van der Waals surface area contributed by atoms with E-state index in [9.17, 15) is 34.2 Å². The number of fused-ring (bicyclic) bond motifs is 3. The highest BCUT2D eigenvalue weighted by Gasteiger charge is 2.69. The molecule has 1 aromatic rings. The third-order valence-corrected chi connectivity index (χ3v) is 7.25. The van der Waals surface area contributed by atoms with Crippen LogP contribution in [0.2, 0.25) is 0 Å². The molecule has 35 heavy (non-hydrogen) atoms. The fraction of sp³-hybridized carbons (Fsp3) is 0.522. The van der Waals surface area contributed by atoms with Crippen molar-refractivity contribution in [2.75, 3.05) is 28.2 Å². The molecule has 4 rings (SSSR count). The van der Waals surface area contributed by atoms with Crippen molar-refractivity contribution in [1.29, 1.82) is 0 Å². The molecule has 2 saturated carbocycles. The number of carbonyl (C=O) groups excluding carboxylic acids is 5. The fourth-order valence-electron chi connectivity index (χ4n) is 5.82. The Morgan fingerprint density at radius 2 is 1.77 bits per heavy atom. The lowest BCUT2D eigenvalue weighted by atomic mass is 9.52. The number of primary amides is 1. The molecule has 186 valence electrons. The first kappa shape index (κ1) is 24.6. The average molecular weight is 485 g/mol. The fourth-order valence-corrected chi connectivity index (χ4v) is 5.82. The molecule has 0 radical (unpaired) electrons. The number of likely N-dealkylation sites (N-methyl/N-ethyl adjacent to an activating group) is 1. The molecule has 1 amide bonds. The Kier molecular flexibility index (Phi) is 5.84. The van der Waals surface area contributed by atoms with E-state index in [0.717, 1.165) is 0 Å². The summed E-state index contributed by atoms with van der Waals surface area (Å²) in [5.74, 6) is -10.8. The van der Waals surface area contributed by atoms with Gasteiger partial charge in [0.05, 0.1) is 23.2 Å². The van der Waals surface area contributed by atoms with Gasteiger partial charge < -0.3 is 15.9 Å². The van der Waals surface area contributed by atoms with Crippen LogP contribution < -0.4 is 5.73 Å². The summed E-state index contributed by atoms with van der Waals surface area (Å²) >= 11 is 0. The largest absolute Gasteiger partial charge is 0.507 e. The van der Waals surface area contributed by atoms with Crippen molar-refractivity contribution in [2.24, 2.45) is 39.7 Å². The molecule has 12 heteroatoms. The standard InChI is InChI=1S/C23H27N5O7/c1-27(2)17-11-8-9-7-10-12(25-26-28(3)4)5-6-13(29)15(10)18(30)14(9)20(32)23(11,35)21(33)16(19(17)31)22(24)34/h5-6,9,11,14,16-17,29,35H,7-8H2,1-4H3,(H2,24,34)/t9-,11-,14?,16?,17-,23-/m0/s1. The van der Waals surface area contributed by atoms with E-state index in [4.69, 9.17) is 5.73 Å². The third kappa shape index (κ3) is 3.47. The molecule has 1 aromatic carbocycles. The van der Waals surface area contributed by atoms with Gasteiger partial charge >= 0.3 is 0 Å². The van der Waals surface area contributed by atoms with Crippen LogP contribution in [0.3, 0.4) is 0 Å². The van der Waals surface area contributed by atoms with Crippen molar-refractivity contribution in [3.8, 4) is 5.75 Å². The molecule has 0 aromatic heterocycles. The molecule has 0 aliphatic heterocycles. The number of phenols is 1. The van der Waals surface area contributed by atoms with Gasteiger partial charge in [-0.2, -0.15) is 0 Å². The summed E-state index contributed by atoms with van der Waals surface area (Å²) in [5, 5.41) is 31.5. The number of hydrogen-bond acceptors (Lipinski definition) is 10. The summed E-state index contributed by atoms with van der Waals surface area (Å²) in [6.45, 7) is 0. The Labute approximate surface area is 200 Å². The summed E-state index contributed by atoms with van der Waals surface area (Å²) in [5.41, 5.74) is 3.17. The zero-order valence-electron chi connectivity index (χ0n) is 19.8. The molecule has 0 spiro atoms. The van der Waals surface area contributed by atoms with Crippen LogP contribution in [0.25, 0.3) is 0 Å². The van der Waals surface area contributed by atoms with E-state index in [1.165, 1.54) is 36.1 Å². The molecule has 3 aliphatic carbocycles. The van der Waals surface area contributed by atoms with Crippen LogP contribution in [-0.2, 0) is 25.6 Å². The number of amides is 1. The molecule has 0 saturated heterocycles. The molecular formula is C23H27N5O7. The van der Waals surface area contributed by atoms with Crippen molar-refractivity contribution < 1.29 is 34.2 Å². The second-order valence-corrected chi connectivity index (χ2v) is 9.78. The molecule has 2 fully saturated rings. The van der Waals surface area contributed by atoms with Gasteiger partial charge in [0.25, 0.3) is 0 Å². The number of nitrogens with zero attached hydrogens (tertiary/aromatic N) is 4. The molecule has 2 unspecified atom stereocenters. The van der Waals surface area contributed by atoms with E-state index in [1.54, 1.807) is 14.1 Å². The van der Waals surface area contributed by atoms with E-state index >= 15 is 0 Å². The minimum atomic E-state index is -2.74. The number of rotatable bonds is 4. The van der Waals surface area contributed by atoms with Crippen LogP contribution in [0, 0.1) is 23.7 Å². The van der Waals surface area contributed by atoms with Gasteiger partial charge in [0.2, 0.25) is 5.91 Å². The Hall–Kier alpha value is -3.51. The van der Waals surface area contributed by atoms with Gasteiger partial charge in [-0.15, -0.1) is 5.11 Å². The van der Waals surface area contributed by atoms with Gasteiger partial charge in [-0.1, -0.05) is 5.22 Å². The normalized spacial score (nSPS) is 32.5. The molecule has 6 atom stereocenters. The van der Waals surface area contributed by atoms with Crippen molar-refractivity contribution in [1.82, 2.24) is 9.91 Å². The van der Waals surface area contributed by atoms with E-state index in [2.05, 4.69) is 10.3 Å². The van der Waals surface area contributed by atoms with Crippen molar-refractivity contribution in [3.05, 3.63) is 23.3 Å². The van der Waals surface area contributed by atoms with Gasteiger partial charge in [0, 0.05) is 20.0 Å². The lowest BCUT2D eigenvalue weighted by molar-refractivity contribution is -0.181. The number of hydrogen-bond donors (Lipinski definition) is 3. The van der Waals surface area contributed by atoms with Crippen LogP contribution in [0.4, 0.5) is 5.69 Å². The van der Waals surface area contributed by atoms with Crippen molar-refractivity contribution in [3.63, 3.8) is 0 Å². The second kappa shape index (κ2) is 8.31. The zero-order valence-corrected chi connectivity index (χ0v) is 19.8. The lowest BCUT2D eigenvalue weighted by Crippen LogP contribution is -2.74. The maximum absolute atomic E-state index is 13.7. The van der Waals surface area contributed by atoms with Crippen LogP contribution in [0.1, 0.15) is 22.3 Å². The highest BCUT2D eigenvalue weighted by molar-refractivity contribution is 6.32. The average Bonchev–Trinajstić information content (AvgIpc) is 2.75. The Morgan fingerprint density at radius 1 is 1.11 bits per heavy atom. The zero-order chi connectivity index (χ0) is 26.0. The van der Waals surface area contributed by atoms with Crippen LogP contribution >= 0.6 is 0 Å². The summed E-state index contributed by atoms with van der Waals surface area (Å²) in [6, 6.07) is 1.62. The van der Waals surface area contributed by atoms with Crippen LogP contribution in [0.15, 0.2) is 22.5 Å². The summed E-state index contributed by atoms with van der Waals surface area (Å²) < 4.78 is 0. The van der Waals surface area contributed by atoms with Gasteiger partial charge in [-0.05, 0) is 50.6 Å². The van der Waals surface area contributed by atoms with E-state index in [1.807, 2.05) is 0 Å². The first-order valence-corrected chi connectivity index (χ1v) is 11.1. The van der Waals surface area contributed by atoms with Gasteiger partial charge in [-0.25, -0.2) is 0 Å². The summed E-state index contributed by atoms with van der Waals surface area (Å²) in [6.07, 6.45) is 0.103. The minimum absolute atomic E-state index is 0.0240. The number of aromatic hydroxyl groups is 1. The van der Waals surface area contributed by atoms with Crippen LogP contribution in [-0.4, -0.2) is 89.0 Å². The third-order valence-electron chi connectivity index (χ3n) is 7.25. The molecular weight excluding hydrogens is 458 g/mol. The highest BCUT2D eigenvalue weighted by Crippen LogP contribution is 2.51. The lowest BCUT2D eigenvalue weighted by Gasteiger charge is -2.52. The van der Waals surface area contributed by atoms with E-state index in [0.29, 0.717) is 11.3 Å². The quantitative estimate of drug-likeness (QED) is 0.285. The Balaban J connectivity index is 1.86. The molecule has 0 bridgehead atoms. The van der Waals surface area contributed by atoms with E-state index < -0.39 is 64.4 Å². The van der Waals surface area contributed by atoms with Crippen molar-refractivity contribution in [2.45, 2.75) is 24.5 Å². The Morgan fingerprint density at radius 3 is 2.34 bits per heavy atom. The van der Waals surface area contributed by atoms with Gasteiger partial charge in [0.1, 0.15) is 5.75 Å². The summed E-state index contributed by atoms with van der Waals surface area (Å²) in [7, 11) is 6.39. The minimum Gasteiger partial charge on any atom is -0.507 e.